The Morgan fingerprint density at radius 2 is 1.43 bits per heavy atom. The summed E-state index contributed by atoms with van der Waals surface area (Å²) < 4.78 is 0. The van der Waals surface area contributed by atoms with Crippen LogP contribution in [0.1, 0.15) is 27.9 Å². The summed E-state index contributed by atoms with van der Waals surface area (Å²) in [6.07, 6.45) is -0.511. The minimum atomic E-state index is -1.43. The maximum atomic E-state index is 12.6. The smallest absolute Gasteiger partial charge is 0.336 e. The molecule has 0 spiro atoms. The number of benzene rings is 3. The van der Waals surface area contributed by atoms with Crippen LogP contribution in [0.3, 0.4) is 0 Å². The number of hydrogen-bond donors (Lipinski definition) is 2. The van der Waals surface area contributed by atoms with Crippen molar-refractivity contribution in [3.05, 3.63) is 89.0 Å². The third-order valence-electron chi connectivity index (χ3n) is 4.54. The summed E-state index contributed by atoms with van der Waals surface area (Å²) in [5.41, 5.74) is 0.776. The average molecular weight is 374 g/mol. The Morgan fingerprint density at radius 1 is 0.786 bits per heavy atom. The standard InChI is InChI=1S/C23H18O5/c1-14-9-11-16(12-10-14)20(24)13-19(22(25)26)21(23(27)28)18-8-4-6-15-5-2-3-7-17(15)18/h2-12H,13H2,1H3,(H,25,26)(H,27,28). The zero-order valence-corrected chi connectivity index (χ0v) is 15.2. The molecular formula is C23H18O5. The molecule has 28 heavy (non-hydrogen) atoms. The number of Topliss-reactive ketones (excluding diaryl/α,β-unsaturated/α-hetero) is 1. The molecule has 3 aromatic carbocycles. The summed E-state index contributed by atoms with van der Waals surface area (Å²) in [6, 6.07) is 18.9. The van der Waals surface area contributed by atoms with Crippen LogP contribution in [0.25, 0.3) is 16.3 Å². The average Bonchev–Trinajstić information content (AvgIpc) is 2.67. The van der Waals surface area contributed by atoms with Crippen molar-refractivity contribution in [1.29, 1.82) is 0 Å². The van der Waals surface area contributed by atoms with Gasteiger partial charge in [-0.05, 0) is 23.3 Å². The number of rotatable bonds is 6. The van der Waals surface area contributed by atoms with E-state index >= 15 is 0 Å². The van der Waals surface area contributed by atoms with Crippen molar-refractivity contribution in [3.63, 3.8) is 0 Å². The molecule has 0 heterocycles. The molecule has 2 N–H and O–H groups in total. The van der Waals surface area contributed by atoms with Gasteiger partial charge in [0.1, 0.15) is 0 Å². The number of carboxylic acids is 2. The Labute approximate surface area is 161 Å². The molecule has 0 aromatic heterocycles. The fourth-order valence-electron chi connectivity index (χ4n) is 3.12. The summed E-state index contributed by atoms with van der Waals surface area (Å²) in [7, 11) is 0. The first-order chi connectivity index (χ1) is 13.4. The van der Waals surface area contributed by atoms with Gasteiger partial charge in [0.05, 0.1) is 11.1 Å². The second kappa shape index (κ2) is 7.88. The number of aliphatic carboxylic acids is 2. The molecule has 0 unspecified atom stereocenters. The van der Waals surface area contributed by atoms with Gasteiger partial charge in [0.15, 0.2) is 5.78 Å². The topological polar surface area (TPSA) is 91.7 Å². The first kappa shape index (κ1) is 19.0. The first-order valence-corrected chi connectivity index (χ1v) is 8.66. The van der Waals surface area contributed by atoms with Crippen molar-refractivity contribution in [2.75, 3.05) is 0 Å². The summed E-state index contributed by atoms with van der Waals surface area (Å²) in [5, 5.41) is 20.9. The zero-order valence-electron chi connectivity index (χ0n) is 15.2. The Hall–Kier alpha value is -3.73. The van der Waals surface area contributed by atoms with E-state index in [-0.39, 0.29) is 11.1 Å². The largest absolute Gasteiger partial charge is 0.478 e. The van der Waals surface area contributed by atoms with Gasteiger partial charge in [0.25, 0.3) is 0 Å². The molecule has 0 aliphatic heterocycles. The van der Waals surface area contributed by atoms with Gasteiger partial charge in [-0.25, -0.2) is 9.59 Å². The minimum Gasteiger partial charge on any atom is -0.478 e. The molecule has 5 nitrogen and oxygen atoms in total. The lowest BCUT2D eigenvalue weighted by molar-refractivity contribution is -0.134. The molecule has 0 atom stereocenters. The van der Waals surface area contributed by atoms with Gasteiger partial charge in [-0.1, -0.05) is 72.3 Å². The SMILES string of the molecule is Cc1ccc(C(=O)CC(C(=O)O)=C(C(=O)O)c2cccc3ccccc23)cc1. The van der Waals surface area contributed by atoms with E-state index in [1.165, 1.54) is 0 Å². The van der Waals surface area contributed by atoms with Crippen LogP contribution in [-0.4, -0.2) is 27.9 Å². The highest BCUT2D eigenvalue weighted by atomic mass is 16.4. The normalized spacial score (nSPS) is 11.8. The lowest BCUT2D eigenvalue weighted by Gasteiger charge is -2.12. The van der Waals surface area contributed by atoms with Crippen molar-refractivity contribution in [3.8, 4) is 0 Å². The van der Waals surface area contributed by atoms with E-state index < -0.39 is 29.7 Å². The fraction of sp³-hybridized carbons (Fsp3) is 0.0870. The second-order valence-corrected chi connectivity index (χ2v) is 6.46. The van der Waals surface area contributed by atoms with Gasteiger partial charge in [0, 0.05) is 12.0 Å². The van der Waals surface area contributed by atoms with Crippen LogP contribution in [0.5, 0.6) is 0 Å². The maximum absolute atomic E-state index is 12.6. The van der Waals surface area contributed by atoms with Gasteiger partial charge in [0.2, 0.25) is 0 Å². The lowest BCUT2D eigenvalue weighted by Crippen LogP contribution is -2.14. The molecule has 0 fully saturated rings. The molecule has 0 amide bonds. The van der Waals surface area contributed by atoms with Gasteiger partial charge >= 0.3 is 11.9 Å². The van der Waals surface area contributed by atoms with Crippen molar-refractivity contribution >= 4 is 34.1 Å². The number of fused-ring (bicyclic) bond motifs is 1. The molecular weight excluding hydrogens is 356 g/mol. The van der Waals surface area contributed by atoms with Crippen molar-refractivity contribution in [2.45, 2.75) is 13.3 Å². The third kappa shape index (κ3) is 3.83. The van der Waals surface area contributed by atoms with E-state index in [1.807, 2.05) is 25.1 Å². The second-order valence-electron chi connectivity index (χ2n) is 6.46. The van der Waals surface area contributed by atoms with Gasteiger partial charge < -0.3 is 10.2 Å². The van der Waals surface area contributed by atoms with Crippen molar-refractivity contribution in [1.82, 2.24) is 0 Å². The molecule has 0 bridgehead atoms. The molecule has 5 heteroatoms. The van der Waals surface area contributed by atoms with E-state index in [4.69, 9.17) is 0 Å². The highest BCUT2D eigenvalue weighted by Gasteiger charge is 2.25. The number of aryl methyl sites for hydroxylation is 1. The van der Waals surface area contributed by atoms with Crippen LogP contribution >= 0.6 is 0 Å². The molecule has 0 radical (unpaired) electrons. The van der Waals surface area contributed by atoms with Crippen LogP contribution in [0.2, 0.25) is 0 Å². The number of carbonyl (C=O) groups excluding carboxylic acids is 1. The minimum absolute atomic E-state index is 0.278. The predicted molar refractivity (Wildman–Crippen MR) is 106 cm³/mol. The first-order valence-electron chi connectivity index (χ1n) is 8.66. The molecule has 3 rings (SSSR count). The van der Waals surface area contributed by atoms with Gasteiger partial charge in [-0.2, -0.15) is 0 Å². The molecule has 0 aliphatic rings. The highest BCUT2D eigenvalue weighted by Crippen LogP contribution is 2.29. The van der Waals surface area contributed by atoms with Crippen LogP contribution in [0.15, 0.2) is 72.3 Å². The Kier molecular flexibility index (Phi) is 5.36. The quantitative estimate of drug-likeness (QED) is 0.494. The third-order valence-corrected chi connectivity index (χ3v) is 4.54. The van der Waals surface area contributed by atoms with Gasteiger partial charge in [-0.3, -0.25) is 4.79 Å². The van der Waals surface area contributed by atoms with Crippen molar-refractivity contribution in [2.24, 2.45) is 0 Å². The number of carboxylic acid groups (broad SMARTS) is 2. The molecule has 140 valence electrons. The number of hydrogen-bond acceptors (Lipinski definition) is 3. The van der Waals surface area contributed by atoms with E-state index in [9.17, 15) is 24.6 Å². The van der Waals surface area contributed by atoms with Crippen LogP contribution < -0.4 is 0 Å². The van der Waals surface area contributed by atoms with Crippen molar-refractivity contribution < 1.29 is 24.6 Å². The number of carbonyl (C=O) groups is 3. The van der Waals surface area contributed by atoms with Gasteiger partial charge in [-0.15, -0.1) is 0 Å². The highest BCUT2D eigenvalue weighted by molar-refractivity contribution is 6.26. The summed E-state index contributed by atoms with van der Waals surface area (Å²) in [6.45, 7) is 1.87. The van der Waals surface area contributed by atoms with Crippen LogP contribution in [0.4, 0.5) is 0 Å². The maximum Gasteiger partial charge on any atom is 0.336 e. The number of ketones is 1. The van der Waals surface area contributed by atoms with E-state index in [0.717, 1.165) is 10.9 Å². The molecule has 3 aromatic rings. The summed E-state index contributed by atoms with van der Waals surface area (Å²) in [4.78, 5) is 36.5. The zero-order chi connectivity index (χ0) is 20.3. The molecule has 0 saturated heterocycles. The summed E-state index contributed by atoms with van der Waals surface area (Å²) >= 11 is 0. The van der Waals surface area contributed by atoms with Crippen LogP contribution in [-0.2, 0) is 9.59 Å². The van der Waals surface area contributed by atoms with E-state index in [2.05, 4.69) is 0 Å². The summed E-state index contributed by atoms with van der Waals surface area (Å²) in [5.74, 6) is -3.26. The Morgan fingerprint density at radius 3 is 2.07 bits per heavy atom. The Bertz CT molecular complexity index is 1100. The molecule has 0 aliphatic carbocycles. The molecule has 0 saturated carbocycles. The predicted octanol–water partition coefficient (Wildman–Crippen LogP) is 4.34. The van der Waals surface area contributed by atoms with E-state index in [1.54, 1.807) is 48.5 Å². The van der Waals surface area contributed by atoms with E-state index in [0.29, 0.717) is 10.9 Å². The fourth-order valence-corrected chi connectivity index (χ4v) is 3.12. The van der Waals surface area contributed by atoms with Crippen LogP contribution in [0, 0.1) is 6.92 Å². The monoisotopic (exact) mass is 374 g/mol. The lowest BCUT2D eigenvalue weighted by atomic mass is 9.91. The Balaban J connectivity index is 2.16.